The summed E-state index contributed by atoms with van der Waals surface area (Å²) in [5.41, 5.74) is 2.78. The van der Waals surface area contributed by atoms with Gasteiger partial charge in [-0.05, 0) is 48.2 Å². The van der Waals surface area contributed by atoms with Crippen LogP contribution in [0.5, 0.6) is 5.75 Å². The van der Waals surface area contributed by atoms with Gasteiger partial charge in [-0.1, -0.05) is 60.7 Å². The molecule has 0 radical (unpaired) electrons. The molecule has 0 saturated carbocycles. The summed E-state index contributed by atoms with van der Waals surface area (Å²) in [6.45, 7) is 1.56. The number of rotatable bonds is 11. The molecule has 1 aromatic heterocycles. The van der Waals surface area contributed by atoms with Crippen LogP contribution in [0.15, 0.2) is 96.3 Å². The molecule has 1 fully saturated rings. The first-order valence-corrected chi connectivity index (χ1v) is 15.0. The van der Waals surface area contributed by atoms with E-state index in [1.807, 2.05) is 48.5 Å². The molecule has 1 amide bonds. The number of nitrogens with zero attached hydrogens (tertiary/aromatic N) is 3. The Labute approximate surface area is 235 Å². The number of hydrogen-bond acceptors (Lipinski definition) is 6. The van der Waals surface area contributed by atoms with Crippen LogP contribution in [0.25, 0.3) is 0 Å². The maximum atomic E-state index is 13.7. The molecule has 8 nitrogen and oxygen atoms in total. The van der Waals surface area contributed by atoms with E-state index in [1.54, 1.807) is 59.2 Å². The molecule has 0 bridgehead atoms. The van der Waals surface area contributed by atoms with Crippen LogP contribution in [0.1, 0.15) is 40.0 Å². The number of carbonyl (C=O) groups excluding carboxylic acids is 1. The number of benzene rings is 3. The van der Waals surface area contributed by atoms with Gasteiger partial charge in [-0.3, -0.25) is 4.79 Å². The standard InChI is InChI=1S/C31H33N3O5S/c1-38-28-16-14-26(15-17-28)30(35)33(22-29-13-8-18-39-29)21-27-19-32-31(34(27)20-24-9-4-2-5-10-24)40(36,37)23-25-11-6-3-7-12-25/h2-7,9-12,14-17,19,29H,8,13,18,20-23H2,1H3/t29-/m0/s1. The highest BCUT2D eigenvalue weighted by Crippen LogP contribution is 2.23. The second-order valence-electron chi connectivity index (χ2n) is 9.90. The molecule has 1 aliphatic rings. The summed E-state index contributed by atoms with van der Waals surface area (Å²) in [6, 6.07) is 25.7. The Morgan fingerprint density at radius 2 is 1.68 bits per heavy atom. The number of sulfone groups is 1. The minimum atomic E-state index is -3.77. The van der Waals surface area contributed by atoms with Gasteiger partial charge in [0.15, 0.2) is 0 Å². The van der Waals surface area contributed by atoms with E-state index in [9.17, 15) is 13.2 Å². The average Bonchev–Trinajstić information content (AvgIpc) is 3.64. The maximum Gasteiger partial charge on any atom is 0.254 e. The lowest BCUT2D eigenvalue weighted by Gasteiger charge is -2.26. The predicted octanol–water partition coefficient (Wildman–Crippen LogP) is 4.74. The Balaban J connectivity index is 1.50. The van der Waals surface area contributed by atoms with Crippen LogP contribution in [0.4, 0.5) is 0 Å². The van der Waals surface area contributed by atoms with Gasteiger partial charge in [0.1, 0.15) is 5.75 Å². The molecule has 0 spiro atoms. The third-order valence-corrected chi connectivity index (χ3v) is 8.58. The predicted molar refractivity (Wildman–Crippen MR) is 152 cm³/mol. The van der Waals surface area contributed by atoms with Crippen LogP contribution in [0, 0.1) is 0 Å². The number of ether oxygens (including phenoxy) is 2. The monoisotopic (exact) mass is 559 g/mol. The third kappa shape index (κ3) is 6.60. The van der Waals surface area contributed by atoms with Crippen molar-refractivity contribution in [2.24, 2.45) is 0 Å². The summed E-state index contributed by atoms with van der Waals surface area (Å²) in [4.78, 5) is 19.9. The number of amides is 1. The fraction of sp³-hybridized carbons (Fsp3) is 0.290. The van der Waals surface area contributed by atoms with Crippen molar-refractivity contribution in [3.05, 3.63) is 114 Å². The minimum Gasteiger partial charge on any atom is -0.497 e. The summed E-state index contributed by atoms with van der Waals surface area (Å²) in [6.07, 6.45) is 3.31. The molecule has 9 heteroatoms. The molecule has 1 atom stereocenters. The highest BCUT2D eigenvalue weighted by atomic mass is 32.2. The molecule has 1 aliphatic heterocycles. The first-order chi connectivity index (χ1) is 19.4. The Morgan fingerprint density at radius 1 is 1.00 bits per heavy atom. The van der Waals surface area contributed by atoms with Gasteiger partial charge < -0.3 is 18.9 Å². The smallest absolute Gasteiger partial charge is 0.254 e. The van der Waals surface area contributed by atoms with Crippen LogP contribution in [0.2, 0.25) is 0 Å². The lowest BCUT2D eigenvalue weighted by molar-refractivity contribution is 0.0501. The Bertz CT molecular complexity index is 1510. The van der Waals surface area contributed by atoms with Crippen molar-refractivity contribution in [1.82, 2.24) is 14.5 Å². The third-order valence-electron chi connectivity index (χ3n) is 6.99. The van der Waals surface area contributed by atoms with Crippen LogP contribution < -0.4 is 4.74 Å². The van der Waals surface area contributed by atoms with Crippen molar-refractivity contribution >= 4 is 15.7 Å². The lowest BCUT2D eigenvalue weighted by atomic mass is 10.1. The average molecular weight is 560 g/mol. The molecule has 0 aliphatic carbocycles. The van der Waals surface area contributed by atoms with E-state index >= 15 is 0 Å². The van der Waals surface area contributed by atoms with Crippen LogP contribution in [-0.2, 0) is 33.4 Å². The highest BCUT2D eigenvalue weighted by molar-refractivity contribution is 7.90. The largest absolute Gasteiger partial charge is 0.497 e. The zero-order chi connectivity index (χ0) is 28.0. The molecule has 4 aromatic rings. The summed E-state index contributed by atoms with van der Waals surface area (Å²) >= 11 is 0. The van der Waals surface area contributed by atoms with Crippen molar-refractivity contribution in [3.8, 4) is 5.75 Å². The first kappa shape index (κ1) is 27.6. The van der Waals surface area contributed by atoms with Crippen molar-refractivity contribution in [2.75, 3.05) is 20.3 Å². The van der Waals surface area contributed by atoms with Gasteiger partial charge in [0.2, 0.25) is 15.0 Å². The van der Waals surface area contributed by atoms with Crippen molar-refractivity contribution < 1.29 is 22.7 Å². The maximum absolute atomic E-state index is 13.7. The minimum absolute atomic E-state index is 0.0100. The van der Waals surface area contributed by atoms with E-state index in [1.165, 1.54) is 0 Å². The van der Waals surface area contributed by atoms with Gasteiger partial charge in [-0.2, -0.15) is 0 Å². The van der Waals surface area contributed by atoms with E-state index in [0.717, 1.165) is 18.4 Å². The number of methoxy groups -OCH3 is 1. The Morgan fingerprint density at radius 3 is 2.30 bits per heavy atom. The zero-order valence-electron chi connectivity index (χ0n) is 22.5. The van der Waals surface area contributed by atoms with E-state index in [-0.39, 0.29) is 29.5 Å². The van der Waals surface area contributed by atoms with Crippen LogP contribution >= 0.6 is 0 Å². The fourth-order valence-electron chi connectivity index (χ4n) is 4.92. The van der Waals surface area contributed by atoms with Gasteiger partial charge >= 0.3 is 0 Å². The SMILES string of the molecule is COc1ccc(C(=O)N(Cc2cnc(S(=O)(=O)Cc3ccccc3)n2Cc2ccccc2)C[C@@H]2CCCO2)cc1. The molecule has 208 valence electrons. The first-order valence-electron chi connectivity index (χ1n) is 13.3. The molecular weight excluding hydrogens is 526 g/mol. The molecule has 0 unspecified atom stereocenters. The highest BCUT2D eigenvalue weighted by Gasteiger charge is 2.28. The van der Waals surface area contributed by atoms with Gasteiger partial charge in [-0.25, -0.2) is 13.4 Å². The summed E-state index contributed by atoms with van der Waals surface area (Å²) < 4.78 is 40.1. The topological polar surface area (TPSA) is 90.7 Å². The zero-order valence-corrected chi connectivity index (χ0v) is 23.3. The van der Waals surface area contributed by atoms with E-state index < -0.39 is 9.84 Å². The van der Waals surface area contributed by atoms with Crippen molar-refractivity contribution in [1.29, 1.82) is 0 Å². The summed E-state index contributed by atoms with van der Waals surface area (Å²) in [5, 5.41) is -0.0100. The van der Waals surface area contributed by atoms with Gasteiger partial charge in [0.25, 0.3) is 5.91 Å². The number of hydrogen-bond donors (Lipinski definition) is 0. The van der Waals surface area contributed by atoms with Gasteiger partial charge in [0.05, 0.1) is 43.9 Å². The molecule has 5 rings (SSSR count). The second-order valence-corrected chi connectivity index (χ2v) is 11.8. The second kappa shape index (κ2) is 12.5. The molecule has 2 heterocycles. The van der Waals surface area contributed by atoms with E-state index in [2.05, 4.69) is 4.98 Å². The number of imidazole rings is 1. The fourth-order valence-corrected chi connectivity index (χ4v) is 6.42. The van der Waals surface area contributed by atoms with Gasteiger partial charge in [-0.15, -0.1) is 0 Å². The Kier molecular flexibility index (Phi) is 8.62. The Hall–Kier alpha value is -3.95. The molecule has 0 N–H and O–H groups in total. The quantitative estimate of drug-likeness (QED) is 0.264. The lowest BCUT2D eigenvalue weighted by Crippen LogP contribution is -2.37. The number of carbonyl (C=O) groups is 1. The van der Waals surface area contributed by atoms with E-state index in [4.69, 9.17) is 9.47 Å². The van der Waals surface area contributed by atoms with Crippen LogP contribution in [-0.4, -0.2) is 55.1 Å². The number of aromatic nitrogens is 2. The van der Waals surface area contributed by atoms with Gasteiger partial charge in [0, 0.05) is 18.7 Å². The van der Waals surface area contributed by atoms with Crippen molar-refractivity contribution in [3.63, 3.8) is 0 Å². The van der Waals surface area contributed by atoms with E-state index in [0.29, 0.717) is 42.3 Å². The molecule has 3 aromatic carbocycles. The van der Waals surface area contributed by atoms with Crippen LogP contribution in [0.3, 0.4) is 0 Å². The molecule has 1 saturated heterocycles. The summed E-state index contributed by atoms with van der Waals surface area (Å²) in [5.74, 6) is 0.333. The summed E-state index contributed by atoms with van der Waals surface area (Å²) in [7, 11) is -2.19. The molecule has 40 heavy (non-hydrogen) atoms. The molecular formula is C31H33N3O5S. The normalized spacial score (nSPS) is 15.2. The van der Waals surface area contributed by atoms with Crippen molar-refractivity contribution in [2.45, 2.75) is 42.9 Å².